The Morgan fingerprint density at radius 2 is 1.65 bits per heavy atom. The van der Waals surface area contributed by atoms with Crippen LogP contribution in [0, 0.1) is 0 Å². The number of ether oxygens (including phenoxy) is 1. The van der Waals surface area contributed by atoms with Crippen LogP contribution in [-0.4, -0.2) is 7.11 Å². The Kier molecular flexibility index (Phi) is 5.03. The number of hydrogen-bond donors (Lipinski definition) is 1. The van der Waals surface area contributed by atoms with Crippen LogP contribution in [0.1, 0.15) is 18.5 Å². The molecule has 0 aliphatic carbocycles. The molecule has 1 atom stereocenters. The van der Waals surface area contributed by atoms with Gasteiger partial charge >= 0.3 is 0 Å². The predicted octanol–water partition coefficient (Wildman–Crippen LogP) is 5.83. The fourth-order valence-corrected chi connectivity index (χ4v) is 2.58. The Labute approximate surface area is 133 Å². The molecule has 2 aromatic carbocycles. The molecule has 2 rings (SSSR count). The largest absolute Gasteiger partial charge is 0.495 e. The van der Waals surface area contributed by atoms with E-state index >= 15 is 0 Å². The van der Waals surface area contributed by atoms with Crippen molar-refractivity contribution in [3.05, 3.63) is 57.0 Å². The summed E-state index contributed by atoms with van der Waals surface area (Å²) in [6.45, 7) is 2.00. The number of nitrogens with one attached hydrogen (secondary N) is 1. The number of anilines is 1. The van der Waals surface area contributed by atoms with Crippen molar-refractivity contribution in [3.63, 3.8) is 0 Å². The number of halogens is 3. The molecule has 2 aromatic rings. The monoisotopic (exact) mass is 329 g/mol. The Hall–Kier alpha value is -1.09. The van der Waals surface area contributed by atoms with E-state index in [1.807, 2.05) is 25.1 Å². The van der Waals surface area contributed by atoms with E-state index in [0.717, 1.165) is 17.0 Å². The molecule has 0 saturated carbocycles. The van der Waals surface area contributed by atoms with Crippen molar-refractivity contribution in [3.8, 4) is 5.75 Å². The fraction of sp³-hybridized carbons (Fsp3) is 0.200. The summed E-state index contributed by atoms with van der Waals surface area (Å²) in [6.07, 6.45) is 0. The van der Waals surface area contributed by atoms with Crippen LogP contribution in [-0.2, 0) is 0 Å². The Morgan fingerprint density at radius 3 is 2.35 bits per heavy atom. The molecule has 1 unspecified atom stereocenters. The first-order valence-corrected chi connectivity index (χ1v) is 7.19. The number of rotatable bonds is 4. The van der Waals surface area contributed by atoms with Crippen molar-refractivity contribution in [2.45, 2.75) is 13.0 Å². The second-order valence-electron chi connectivity index (χ2n) is 4.38. The summed E-state index contributed by atoms with van der Waals surface area (Å²) in [5.41, 5.74) is 1.73. The summed E-state index contributed by atoms with van der Waals surface area (Å²) >= 11 is 18.2. The van der Waals surface area contributed by atoms with Gasteiger partial charge in [-0.25, -0.2) is 0 Å². The quantitative estimate of drug-likeness (QED) is 0.761. The van der Waals surface area contributed by atoms with E-state index in [1.54, 1.807) is 25.3 Å². The molecular weight excluding hydrogens is 317 g/mol. The molecule has 0 aliphatic heterocycles. The van der Waals surface area contributed by atoms with E-state index in [2.05, 4.69) is 5.32 Å². The average Bonchev–Trinajstić information content (AvgIpc) is 2.41. The van der Waals surface area contributed by atoms with E-state index in [-0.39, 0.29) is 6.04 Å². The maximum Gasteiger partial charge on any atom is 0.142 e. The third-order valence-corrected chi connectivity index (χ3v) is 3.77. The minimum atomic E-state index is -0.0337. The van der Waals surface area contributed by atoms with Crippen molar-refractivity contribution >= 4 is 40.5 Å². The molecule has 0 bridgehead atoms. The third kappa shape index (κ3) is 3.51. The van der Waals surface area contributed by atoms with Gasteiger partial charge in [0.15, 0.2) is 0 Å². The molecule has 0 radical (unpaired) electrons. The van der Waals surface area contributed by atoms with Gasteiger partial charge in [0.2, 0.25) is 0 Å². The predicted molar refractivity (Wildman–Crippen MR) is 86.5 cm³/mol. The third-order valence-electron chi connectivity index (χ3n) is 2.96. The second kappa shape index (κ2) is 6.57. The normalized spacial score (nSPS) is 12.1. The zero-order chi connectivity index (χ0) is 14.7. The summed E-state index contributed by atoms with van der Waals surface area (Å²) in [6, 6.07) is 10.8. The first kappa shape index (κ1) is 15.3. The van der Waals surface area contributed by atoms with Gasteiger partial charge in [0.1, 0.15) is 5.75 Å². The van der Waals surface area contributed by atoms with Crippen LogP contribution in [0.25, 0.3) is 0 Å². The van der Waals surface area contributed by atoms with Crippen molar-refractivity contribution in [2.24, 2.45) is 0 Å². The smallest absolute Gasteiger partial charge is 0.142 e. The molecule has 0 aliphatic rings. The number of hydrogen-bond acceptors (Lipinski definition) is 2. The second-order valence-corrected chi connectivity index (χ2v) is 5.66. The lowest BCUT2D eigenvalue weighted by molar-refractivity contribution is 0.416. The zero-order valence-corrected chi connectivity index (χ0v) is 13.4. The molecule has 106 valence electrons. The summed E-state index contributed by atoms with van der Waals surface area (Å²) in [5.74, 6) is 0.722. The van der Waals surface area contributed by atoms with Crippen LogP contribution in [0.4, 0.5) is 5.69 Å². The topological polar surface area (TPSA) is 21.3 Å². The van der Waals surface area contributed by atoms with Gasteiger partial charge in [-0.15, -0.1) is 0 Å². The van der Waals surface area contributed by atoms with E-state index in [4.69, 9.17) is 39.5 Å². The molecule has 0 spiro atoms. The van der Waals surface area contributed by atoms with Gasteiger partial charge in [-0.1, -0.05) is 34.8 Å². The Balaban J connectivity index is 2.29. The van der Waals surface area contributed by atoms with Crippen LogP contribution >= 0.6 is 34.8 Å². The van der Waals surface area contributed by atoms with Crippen LogP contribution in [0.2, 0.25) is 15.1 Å². The molecule has 0 aromatic heterocycles. The van der Waals surface area contributed by atoms with Gasteiger partial charge < -0.3 is 10.1 Å². The Bertz CT molecular complexity index is 616. The maximum absolute atomic E-state index is 6.21. The van der Waals surface area contributed by atoms with E-state index < -0.39 is 0 Å². The molecule has 0 amide bonds. The molecular formula is C15H14Cl3NO. The van der Waals surface area contributed by atoms with Gasteiger partial charge in [0, 0.05) is 15.1 Å². The molecule has 5 heteroatoms. The van der Waals surface area contributed by atoms with Crippen LogP contribution < -0.4 is 10.1 Å². The minimum Gasteiger partial charge on any atom is -0.495 e. The Morgan fingerprint density at radius 1 is 1.00 bits per heavy atom. The average molecular weight is 331 g/mol. The van der Waals surface area contributed by atoms with Crippen LogP contribution in [0.15, 0.2) is 36.4 Å². The summed E-state index contributed by atoms with van der Waals surface area (Å²) in [4.78, 5) is 0. The first-order valence-electron chi connectivity index (χ1n) is 6.06. The highest BCUT2D eigenvalue weighted by Crippen LogP contribution is 2.33. The molecule has 20 heavy (non-hydrogen) atoms. The fourth-order valence-electron chi connectivity index (χ4n) is 1.95. The van der Waals surface area contributed by atoms with Crippen LogP contribution in [0.3, 0.4) is 0 Å². The molecule has 0 saturated heterocycles. The lowest BCUT2D eigenvalue weighted by atomic mass is 10.1. The van der Waals surface area contributed by atoms with Gasteiger partial charge in [0.05, 0.1) is 18.8 Å². The van der Waals surface area contributed by atoms with E-state index in [1.165, 1.54) is 0 Å². The lowest BCUT2D eigenvalue weighted by Crippen LogP contribution is -2.08. The minimum absolute atomic E-state index is 0.0337. The summed E-state index contributed by atoms with van der Waals surface area (Å²) < 4.78 is 5.31. The van der Waals surface area contributed by atoms with Crippen molar-refractivity contribution in [2.75, 3.05) is 12.4 Å². The standard InChI is InChI=1S/C15H14Cl3NO/c1-9(12-7-10(16)3-5-13(12)18)19-14-8-11(17)4-6-15(14)20-2/h3-9,19H,1-2H3. The van der Waals surface area contributed by atoms with Gasteiger partial charge in [-0.2, -0.15) is 0 Å². The van der Waals surface area contributed by atoms with Gasteiger partial charge in [-0.05, 0) is 48.9 Å². The van der Waals surface area contributed by atoms with E-state index in [0.29, 0.717) is 15.1 Å². The summed E-state index contributed by atoms with van der Waals surface area (Å²) in [7, 11) is 1.62. The highest BCUT2D eigenvalue weighted by molar-refractivity contribution is 6.33. The van der Waals surface area contributed by atoms with Crippen molar-refractivity contribution in [1.82, 2.24) is 0 Å². The van der Waals surface area contributed by atoms with Gasteiger partial charge in [-0.3, -0.25) is 0 Å². The molecule has 0 heterocycles. The molecule has 0 fully saturated rings. The van der Waals surface area contributed by atoms with E-state index in [9.17, 15) is 0 Å². The first-order chi connectivity index (χ1) is 9.51. The lowest BCUT2D eigenvalue weighted by Gasteiger charge is -2.19. The van der Waals surface area contributed by atoms with Gasteiger partial charge in [0.25, 0.3) is 0 Å². The summed E-state index contributed by atoms with van der Waals surface area (Å²) in [5, 5.41) is 5.28. The van der Waals surface area contributed by atoms with Crippen molar-refractivity contribution < 1.29 is 4.74 Å². The zero-order valence-electron chi connectivity index (χ0n) is 11.1. The molecule has 2 nitrogen and oxygen atoms in total. The highest BCUT2D eigenvalue weighted by Gasteiger charge is 2.13. The maximum atomic E-state index is 6.21. The molecule has 1 N–H and O–H groups in total. The highest BCUT2D eigenvalue weighted by atomic mass is 35.5. The van der Waals surface area contributed by atoms with Crippen LogP contribution in [0.5, 0.6) is 5.75 Å². The SMILES string of the molecule is COc1ccc(Cl)cc1NC(C)c1cc(Cl)ccc1Cl. The number of benzene rings is 2. The number of methoxy groups -OCH3 is 1. The van der Waals surface area contributed by atoms with Crippen molar-refractivity contribution in [1.29, 1.82) is 0 Å².